The van der Waals surface area contributed by atoms with E-state index in [2.05, 4.69) is 39.8 Å². The van der Waals surface area contributed by atoms with Crippen molar-refractivity contribution in [3.63, 3.8) is 0 Å². The fourth-order valence-corrected chi connectivity index (χ4v) is 11.0. The highest BCUT2D eigenvalue weighted by molar-refractivity contribution is 6.30. The van der Waals surface area contributed by atoms with Crippen LogP contribution in [0.15, 0.2) is 24.3 Å². The van der Waals surface area contributed by atoms with Gasteiger partial charge in [-0.05, 0) is 83.6 Å². The Morgan fingerprint density at radius 3 is 0.973 bits per heavy atom. The number of rotatable bonds is 59. The summed E-state index contributed by atoms with van der Waals surface area (Å²) in [6.07, 6.45) is 60.3. The summed E-state index contributed by atoms with van der Waals surface area (Å²) in [5.74, 6) is -1.89. The van der Waals surface area contributed by atoms with E-state index in [9.17, 15) is 28.8 Å². The maximum Gasteiger partial charge on any atom is 0.222 e. The molecule has 0 aromatic carbocycles. The number of Topliss-reactive ketones (excluding diaryl/α,β-unsaturated/α-hetero) is 4. The smallest absolute Gasteiger partial charge is 0.222 e. The van der Waals surface area contributed by atoms with E-state index in [1.807, 2.05) is 6.29 Å². The van der Waals surface area contributed by atoms with Gasteiger partial charge in [0.1, 0.15) is 22.8 Å². The molecule has 1 radical (unpaired) electrons. The van der Waals surface area contributed by atoms with Gasteiger partial charge in [0, 0.05) is 25.7 Å². The van der Waals surface area contributed by atoms with E-state index in [0.717, 1.165) is 128 Å². The molecule has 73 heavy (non-hydrogen) atoms. The third-order valence-electron chi connectivity index (χ3n) is 15.9. The predicted octanol–water partition coefficient (Wildman–Crippen LogP) is 20.6. The van der Waals surface area contributed by atoms with Crippen LogP contribution in [-0.2, 0) is 28.8 Å². The number of ketones is 5. The molecule has 2 atom stereocenters. The van der Waals surface area contributed by atoms with E-state index in [1.165, 1.54) is 154 Å². The zero-order valence-electron chi connectivity index (χ0n) is 49.1. The topological polar surface area (TPSA) is 102 Å². The first-order valence-electron chi connectivity index (χ1n) is 32.0. The minimum atomic E-state index is -2.47. The molecule has 0 spiro atoms. The van der Waals surface area contributed by atoms with E-state index < -0.39 is 34.0 Å². The molecule has 0 rings (SSSR count). The third-order valence-corrected chi connectivity index (χ3v) is 15.9. The van der Waals surface area contributed by atoms with Crippen LogP contribution < -0.4 is 0 Å². The first kappa shape index (κ1) is 70.5. The maximum atomic E-state index is 14.7. The molecule has 0 N–H and O–H groups in total. The zero-order valence-corrected chi connectivity index (χ0v) is 49.1. The second kappa shape index (κ2) is 51.6. The van der Waals surface area contributed by atoms with Crippen molar-refractivity contribution in [3.8, 4) is 0 Å². The predicted molar refractivity (Wildman–Crippen MR) is 313 cm³/mol. The molecule has 6 heteroatoms. The summed E-state index contributed by atoms with van der Waals surface area (Å²) >= 11 is 0. The van der Waals surface area contributed by atoms with Crippen LogP contribution in [0, 0.1) is 10.8 Å². The van der Waals surface area contributed by atoms with Gasteiger partial charge in [-0.25, -0.2) is 0 Å². The van der Waals surface area contributed by atoms with Crippen LogP contribution in [0.5, 0.6) is 0 Å². The van der Waals surface area contributed by atoms with E-state index in [1.54, 1.807) is 6.08 Å². The molecule has 423 valence electrons. The fourth-order valence-electron chi connectivity index (χ4n) is 11.0. The van der Waals surface area contributed by atoms with Gasteiger partial charge in [-0.1, -0.05) is 271 Å². The first-order chi connectivity index (χ1) is 35.7. The molecule has 0 heterocycles. The third kappa shape index (κ3) is 34.7. The van der Waals surface area contributed by atoms with Crippen molar-refractivity contribution in [2.45, 2.75) is 356 Å². The Labute approximate surface area is 452 Å². The summed E-state index contributed by atoms with van der Waals surface area (Å²) in [6.45, 7) is 10.1. The Balaban J connectivity index is 5.27. The van der Waals surface area contributed by atoms with Gasteiger partial charge in [0.25, 0.3) is 0 Å². The largest absolute Gasteiger partial charge is 0.300 e. The Kier molecular flexibility index (Phi) is 49.8. The van der Waals surface area contributed by atoms with Crippen molar-refractivity contribution in [3.05, 3.63) is 24.3 Å². The fraction of sp³-hybridized carbons (Fsp3) is 0.851. The summed E-state index contributed by atoms with van der Waals surface area (Å²) in [7, 11) is 0. The van der Waals surface area contributed by atoms with Crippen LogP contribution in [0.25, 0.3) is 0 Å². The summed E-state index contributed by atoms with van der Waals surface area (Å²) in [6, 6.07) is 0. The number of hydrogen-bond acceptors (Lipinski definition) is 6. The van der Waals surface area contributed by atoms with Gasteiger partial charge in [-0.3, -0.25) is 28.8 Å². The van der Waals surface area contributed by atoms with Crippen molar-refractivity contribution in [2.24, 2.45) is 10.8 Å². The van der Waals surface area contributed by atoms with Crippen molar-refractivity contribution in [2.75, 3.05) is 0 Å². The van der Waals surface area contributed by atoms with Gasteiger partial charge in [0.2, 0.25) is 6.29 Å². The SMILES string of the molecule is CCCCCCCCC=CC(=O)C([C]=O)(C(=O)CCCCCCCCCCC)C(CCCCC/C=C\CCCCCCCCC(=O)CCCCCCCCCCCCCCC)(C(C)=O)C(=O)CCCCCCC. The van der Waals surface area contributed by atoms with Gasteiger partial charge in [-0.15, -0.1) is 0 Å². The van der Waals surface area contributed by atoms with Crippen molar-refractivity contribution in [1.29, 1.82) is 0 Å². The normalized spacial score (nSPS) is 13.4. The number of hydrogen-bond donors (Lipinski definition) is 0. The Morgan fingerprint density at radius 1 is 0.342 bits per heavy atom. The lowest BCUT2D eigenvalue weighted by molar-refractivity contribution is -0.158. The van der Waals surface area contributed by atoms with E-state index >= 15 is 0 Å². The van der Waals surface area contributed by atoms with Crippen LogP contribution in [0.4, 0.5) is 0 Å². The molecule has 6 nitrogen and oxygen atoms in total. The quantitative estimate of drug-likeness (QED) is 0.0260. The van der Waals surface area contributed by atoms with E-state index in [-0.39, 0.29) is 19.3 Å². The van der Waals surface area contributed by atoms with Gasteiger partial charge >= 0.3 is 0 Å². The molecule has 0 fully saturated rings. The minimum absolute atomic E-state index is 0.00320. The highest BCUT2D eigenvalue weighted by Crippen LogP contribution is 2.48. The lowest BCUT2D eigenvalue weighted by Gasteiger charge is -2.42. The summed E-state index contributed by atoms with van der Waals surface area (Å²) in [5.41, 5.74) is -4.53. The number of allylic oxidation sites excluding steroid dienone is 4. The van der Waals surface area contributed by atoms with Crippen LogP contribution in [0.3, 0.4) is 0 Å². The van der Waals surface area contributed by atoms with Crippen molar-refractivity contribution in [1.82, 2.24) is 0 Å². The van der Waals surface area contributed by atoms with E-state index in [4.69, 9.17) is 0 Å². The molecule has 0 aromatic heterocycles. The van der Waals surface area contributed by atoms with Gasteiger partial charge in [0.15, 0.2) is 17.0 Å². The van der Waals surface area contributed by atoms with Crippen LogP contribution in [0.2, 0.25) is 0 Å². The van der Waals surface area contributed by atoms with Gasteiger partial charge < -0.3 is 0 Å². The Hall–Kier alpha value is -2.50. The summed E-state index contributed by atoms with van der Waals surface area (Å²) in [4.78, 5) is 84.3. The Morgan fingerprint density at radius 2 is 0.630 bits per heavy atom. The average Bonchev–Trinajstić information content (AvgIpc) is 3.38. The second-order valence-electron chi connectivity index (χ2n) is 22.5. The molecule has 0 saturated heterocycles. The molecule has 0 aromatic rings. The number of unbranched alkanes of at least 4 members (excludes halogenated alkanes) is 39. The molecule has 0 saturated carbocycles. The molecule has 0 aliphatic heterocycles. The second-order valence-corrected chi connectivity index (χ2v) is 22.5. The standard InChI is InChI=1S/C67H119O6/c1-6-10-14-18-21-24-25-27-30-34-37-43-48-54-62(70)55-49-44-38-35-31-28-26-29-32-36-41-47-53-59-66(61(5)69,63(71)56-50-42-17-13-9-4)67(60-68,64(72)57-51-45-39-23-20-16-12-8-3)65(73)58-52-46-40-33-22-19-15-11-7-2/h29,32,51,57H,6-28,30-31,33-50,52-56,58-59H2,1-5H3/b32-29-,57-51?. The molecule has 0 amide bonds. The average molecular weight is 1020 g/mol. The van der Waals surface area contributed by atoms with Crippen molar-refractivity contribution >= 4 is 35.2 Å². The van der Waals surface area contributed by atoms with Gasteiger partial charge in [0.05, 0.1) is 0 Å². The van der Waals surface area contributed by atoms with E-state index in [0.29, 0.717) is 37.9 Å². The molecular weight excluding hydrogens is 901 g/mol. The van der Waals surface area contributed by atoms with Crippen LogP contribution >= 0.6 is 0 Å². The lowest BCUT2D eigenvalue weighted by atomic mass is 9.52. The molecule has 2 unspecified atom stereocenters. The minimum Gasteiger partial charge on any atom is -0.300 e. The van der Waals surface area contributed by atoms with Crippen LogP contribution in [0.1, 0.15) is 356 Å². The zero-order chi connectivity index (χ0) is 53.8. The lowest BCUT2D eigenvalue weighted by Crippen LogP contribution is -2.61. The molecule has 0 bridgehead atoms. The highest BCUT2D eigenvalue weighted by atomic mass is 16.2. The highest BCUT2D eigenvalue weighted by Gasteiger charge is 2.66. The Bertz CT molecular complexity index is 1410. The number of carbonyl (C=O) groups is 5. The first-order valence-corrected chi connectivity index (χ1v) is 32.0. The molecular formula is C67H119O6. The summed E-state index contributed by atoms with van der Waals surface area (Å²) < 4.78 is 0. The summed E-state index contributed by atoms with van der Waals surface area (Å²) in [5, 5.41) is 0. The number of carbonyl (C=O) groups excluding carboxylic acids is 6. The monoisotopic (exact) mass is 1020 g/mol. The molecule has 0 aliphatic rings. The van der Waals surface area contributed by atoms with Crippen LogP contribution in [-0.4, -0.2) is 35.2 Å². The molecule has 0 aliphatic carbocycles. The maximum absolute atomic E-state index is 14.7. The van der Waals surface area contributed by atoms with Gasteiger partial charge in [-0.2, -0.15) is 0 Å². The van der Waals surface area contributed by atoms with Crippen molar-refractivity contribution < 1.29 is 28.8 Å².